The zero-order chi connectivity index (χ0) is 21.1. The topological polar surface area (TPSA) is 80.9 Å². The lowest BCUT2D eigenvalue weighted by molar-refractivity contribution is 0.0522. The maximum Gasteiger partial charge on any atom is 0.340 e. The molecule has 156 valence electrons. The van der Waals surface area contributed by atoms with E-state index in [-0.39, 0.29) is 18.9 Å². The Labute approximate surface area is 170 Å². The van der Waals surface area contributed by atoms with Gasteiger partial charge in [-0.3, -0.25) is 9.69 Å². The monoisotopic (exact) mass is 400 g/mol. The number of Topliss-reactive ketones (excluding diaryl/α,β-unsaturated/α-hetero) is 1. The number of aromatic amines is 1. The van der Waals surface area contributed by atoms with Crippen molar-refractivity contribution in [2.24, 2.45) is 0 Å². The molecule has 3 rings (SSSR count). The number of carbonyl (C=O) groups is 2. The minimum atomic E-state index is -0.460. The van der Waals surface area contributed by atoms with Gasteiger partial charge in [0.25, 0.3) is 0 Å². The number of nitrogens with one attached hydrogen (secondary N) is 1. The number of hydrogen-bond donors (Lipinski definition) is 1. The fourth-order valence-electron chi connectivity index (χ4n) is 3.95. The highest BCUT2D eigenvalue weighted by molar-refractivity contribution is 6.09. The van der Waals surface area contributed by atoms with Crippen LogP contribution in [0.1, 0.15) is 50.2 Å². The highest BCUT2D eigenvalue weighted by Crippen LogP contribution is 2.33. The van der Waals surface area contributed by atoms with Gasteiger partial charge >= 0.3 is 5.97 Å². The van der Waals surface area contributed by atoms with Gasteiger partial charge in [0.15, 0.2) is 17.3 Å². The van der Waals surface area contributed by atoms with Crippen LogP contribution in [0.2, 0.25) is 0 Å². The minimum absolute atomic E-state index is 0.0844. The Morgan fingerprint density at radius 1 is 1.03 bits per heavy atom. The molecule has 0 saturated carbocycles. The van der Waals surface area contributed by atoms with Crippen molar-refractivity contribution in [3.8, 4) is 11.5 Å². The van der Waals surface area contributed by atoms with Crippen molar-refractivity contribution >= 4 is 11.8 Å². The second-order valence-corrected chi connectivity index (χ2v) is 7.21. The number of rotatable bonds is 7. The molecule has 0 bridgehead atoms. The molecule has 0 spiro atoms. The molecule has 1 aliphatic rings. The number of nitrogens with zero attached hydrogens (tertiary/aromatic N) is 1. The summed E-state index contributed by atoms with van der Waals surface area (Å²) >= 11 is 0. The van der Waals surface area contributed by atoms with Gasteiger partial charge in [-0.25, -0.2) is 4.79 Å². The van der Waals surface area contributed by atoms with Crippen LogP contribution < -0.4 is 9.47 Å². The summed E-state index contributed by atoms with van der Waals surface area (Å²) in [5.41, 5.74) is 4.45. The molecular formula is C22H28N2O5. The molecule has 0 radical (unpaired) electrons. The molecule has 0 fully saturated rings. The highest BCUT2D eigenvalue weighted by atomic mass is 16.5. The number of aromatic nitrogens is 1. The first-order chi connectivity index (χ1) is 13.9. The Kier molecular flexibility index (Phi) is 6.27. The SMILES string of the molecule is CCOC(=O)c1c(C)[nH]c(C)c1C(=O)CN1CCc2cc(OC)c(OC)cc2C1. The number of hydrogen-bond acceptors (Lipinski definition) is 6. The van der Waals surface area contributed by atoms with Crippen molar-refractivity contribution in [2.75, 3.05) is 33.9 Å². The lowest BCUT2D eigenvalue weighted by Crippen LogP contribution is -2.35. The van der Waals surface area contributed by atoms with Crippen molar-refractivity contribution < 1.29 is 23.8 Å². The maximum absolute atomic E-state index is 13.1. The number of H-pyrrole nitrogens is 1. The lowest BCUT2D eigenvalue weighted by Gasteiger charge is -2.29. The first kappa shape index (κ1) is 20.9. The van der Waals surface area contributed by atoms with Crippen LogP contribution in [0, 0.1) is 13.8 Å². The summed E-state index contributed by atoms with van der Waals surface area (Å²) < 4.78 is 15.9. The van der Waals surface area contributed by atoms with E-state index in [1.54, 1.807) is 28.1 Å². The van der Waals surface area contributed by atoms with E-state index in [2.05, 4.69) is 9.88 Å². The zero-order valence-electron chi connectivity index (χ0n) is 17.7. The standard InChI is InChI=1S/C22H28N2O5/c1-6-29-22(26)21-14(3)23-13(2)20(21)17(25)12-24-8-7-15-9-18(27-4)19(28-5)10-16(15)11-24/h9-10,23H,6-8,11-12H2,1-5H3. The van der Waals surface area contributed by atoms with Gasteiger partial charge in [0.2, 0.25) is 0 Å². The number of esters is 1. The van der Waals surface area contributed by atoms with Gasteiger partial charge < -0.3 is 19.2 Å². The van der Waals surface area contributed by atoms with E-state index in [1.165, 1.54) is 5.56 Å². The van der Waals surface area contributed by atoms with Gasteiger partial charge in [-0.2, -0.15) is 0 Å². The smallest absolute Gasteiger partial charge is 0.340 e. The lowest BCUT2D eigenvalue weighted by atomic mass is 9.97. The molecule has 1 aromatic carbocycles. The predicted molar refractivity (Wildman–Crippen MR) is 109 cm³/mol. The van der Waals surface area contributed by atoms with Crippen LogP contribution in [0.4, 0.5) is 0 Å². The van der Waals surface area contributed by atoms with Crippen molar-refractivity contribution in [2.45, 2.75) is 33.7 Å². The Morgan fingerprint density at radius 3 is 2.28 bits per heavy atom. The summed E-state index contributed by atoms with van der Waals surface area (Å²) in [5, 5.41) is 0. The van der Waals surface area contributed by atoms with Crippen LogP contribution in [-0.2, 0) is 17.7 Å². The maximum atomic E-state index is 13.1. The third kappa shape index (κ3) is 4.15. The molecule has 7 nitrogen and oxygen atoms in total. The Balaban J connectivity index is 1.80. The van der Waals surface area contributed by atoms with Crippen LogP contribution in [-0.4, -0.2) is 55.6 Å². The van der Waals surface area contributed by atoms with Crippen molar-refractivity contribution in [1.82, 2.24) is 9.88 Å². The van der Waals surface area contributed by atoms with E-state index in [0.29, 0.717) is 40.6 Å². The molecule has 29 heavy (non-hydrogen) atoms. The fraction of sp³-hybridized carbons (Fsp3) is 0.455. The molecule has 0 unspecified atom stereocenters. The van der Waals surface area contributed by atoms with Crippen molar-refractivity contribution in [3.05, 3.63) is 45.8 Å². The summed E-state index contributed by atoms with van der Waals surface area (Å²) in [6.45, 7) is 7.24. The summed E-state index contributed by atoms with van der Waals surface area (Å²) in [7, 11) is 3.24. The zero-order valence-corrected chi connectivity index (χ0v) is 17.7. The number of ketones is 1. The second-order valence-electron chi connectivity index (χ2n) is 7.21. The number of methoxy groups -OCH3 is 2. The predicted octanol–water partition coefficient (Wildman–Crippen LogP) is 3.07. The molecular weight excluding hydrogens is 372 g/mol. The third-order valence-corrected chi connectivity index (χ3v) is 5.30. The molecule has 1 aromatic heterocycles. The average molecular weight is 400 g/mol. The Hall–Kier alpha value is -2.80. The van der Waals surface area contributed by atoms with Crippen LogP contribution in [0.25, 0.3) is 0 Å². The van der Waals surface area contributed by atoms with Crippen LogP contribution in [0.5, 0.6) is 11.5 Å². The molecule has 0 atom stereocenters. The fourth-order valence-corrected chi connectivity index (χ4v) is 3.95. The van der Waals surface area contributed by atoms with Crippen LogP contribution in [0.15, 0.2) is 12.1 Å². The first-order valence-corrected chi connectivity index (χ1v) is 9.75. The van der Waals surface area contributed by atoms with E-state index < -0.39 is 5.97 Å². The molecule has 7 heteroatoms. The molecule has 1 aliphatic heterocycles. The molecule has 0 saturated heterocycles. The van der Waals surface area contributed by atoms with Crippen molar-refractivity contribution in [1.29, 1.82) is 0 Å². The van der Waals surface area contributed by atoms with E-state index >= 15 is 0 Å². The van der Waals surface area contributed by atoms with Gasteiger partial charge in [0, 0.05) is 24.5 Å². The van der Waals surface area contributed by atoms with Crippen LogP contribution >= 0.6 is 0 Å². The van der Waals surface area contributed by atoms with E-state index in [0.717, 1.165) is 18.5 Å². The Morgan fingerprint density at radius 2 is 1.66 bits per heavy atom. The Bertz CT molecular complexity index is 932. The third-order valence-electron chi connectivity index (χ3n) is 5.30. The van der Waals surface area contributed by atoms with Crippen molar-refractivity contribution in [3.63, 3.8) is 0 Å². The normalized spacial score (nSPS) is 13.7. The second kappa shape index (κ2) is 8.69. The van der Waals surface area contributed by atoms with Crippen LogP contribution in [0.3, 0.4) is 0 Å². The molecule has 2 heterocycles. The van der Waals surface area contributed by atoms with E-state index in [9.17, 15) is 9.59 Å². The first-order valence-electron chi connectivity index (χ1n) is 9.75. The van der Waals surface area contributed by atoms with E-state index in [4.69, 9.17) is 14.2 Å². The summed E-state index contributed by atoms with van der Waals surface area (Å²) in [5.74, 6) is 0.853. The number of benzene rings is 1. The van der Waals surface area contributed by atoms with Gasteiger partial charge in [-0.1, -0.05) is 0 Å². The highest BCUT2D eigenvalue weighted by Gasteiger charge is 2.28. The average Bonchev–Trinajstić information content (AvgIpc) is 3.00. The number of aryl methyl sites for hydroxylation is 2. The van der Waals surface area contributed by atoms with Gasteiger partial charge in [0.05, 0.1) is 38.5 Å². The largest absolute Gasteiger partial charge is 0.493 e. The van der Waals surface area contributed by atoms with E-state index in [1.807, 2.05) is 19.1 Å². The molecule has 0 aliphatic carbocycles. The number of ether oxygens (including phenoxy) is 3. The molecule has 1 N–H and O–H groups in total. The quantitative estimate of drug-likeness (QED) is 0.568. The van der Waals surface area contributed by atoms with Gasteiger partial charge in [-0.15, -0.1) is 0 Å². The molecule has 2 aromatic rings. The summed E-state index contributed by atoms with van der Waals surface area (Å²) in [6, 6.07) is 3.98. The summed E-state index contributed by atoms with van der Waals surface area (Å²) in [4.78, 5) is 30.7. The number of carbonyl (C=O) groups excluding carboxylic acids is 2. The number of fused-ring (bicyclic) bond motifs is 1. The van der Waals surface area contributed by atoms with Gasteiger partial charge in [0.1, 0.15) is 0 Å². The van der Waals surface area contributed by atoms with Gasteiger partial charge in [-0.05, 0) is 50.5 Å². The molecule has 0 amide bonds. The minimum Gasteiger partial charge on any atom is -0.493 e. The summed E-state index contributed by atoms with van der Waals surface area (Å²) in [6.07, 6.45) is 0.818.